The van der Waals surface area contributed by atoms with Crippen molar-refractivity contribution in [2.75, 3.05) is 11.4 Å². The van der Waals surface area contributed by atoms with E-state index in [1.807, 2.05) is 60.7 Å². The van der Waals surface area contributed by atoms with E-state index in [4.69, 9.17) is 9.40 Å². The van der Waals surface area contributed by atoms with Crippen molar-refractivity contribution >= 4 is 11.7 Å². The molecule has 1 aliphatic rings. The quantitative estimate of drug-likeness (QED) is 0.432. The molecule has 0 N–H and O–H groups in total. The highest BCUT2D eigenvalue weighted by Gasteiger charge is 2.32. The van der Waals surface area contributed by atoms with Crippen LogP contribution in [0.15, 0.2) is 77.3 Å². The van der Waals surface area contributed by atoms with Crippen LogP contribution < -0.4 is 4.90 Å². The predicted molar refractivity (Wildman–Crippen MR) is 121 cm³/mol. The minimum Gasteiger partial charge on any atom is -0.434 e. The number of rotatable bonds is 4. The molecule has 1 amide bonds. The van der Waals surface area contributed by atoms with Crippen molar-refractivity contribution in [2.45, 2.75) is 26.2 Å². The molecule has 4 aromatic rings. The zero-order valence-corrected chi connectivity index (χ0v) is 17.6. The Hall–Kier alpha value is -3.73. The van der Waals surface area contributed by atoms with Crippen LogP contribution in [0.1, 0.15) is 41.4 Å². The Morgan fingerprint density at radius 3 is 2.32 bits per heavy atom. The lowest BCUT2D eigenvalue weighted by molar-refractivity contribution is 0.0974. The summed E-state index contributed by atoms with van der Waals surface area (Å²) in [4.78, 5) is 24.4. The molecule has 0 atom stereocenters. The van der Waals surface area contributed by atoms with E-state index in [0.29, 0.717) is 35.6 Å². The third kappa shape index (κ3) is 3.52. The van der Waals surface area contributed by atoms with Gasteiger partial charge >= 0.3 is 0 Å². The van der Waals surface area contributed by atoms with Crippen LogP contribution >= 0.6 is 0 Å². The van der Waals surface area contributed by atoms with Crippen LogP contribution in [0.5, 0.6) is 0 Å². The third-order valence-electron chi connectivity index (χ3n) is 5.63. The zero-order chi connectivity index (χ0) is 21.4. The summed E-state index contributed by atoms with van der Waals surface area (Å²) in [6, 6.07) is 21.6. The topological polar surface area (TPSA) is 59.2 Å². The molecule has 1 aliphatic heterocycles. The molecule has 2 aromatic heterocycles. The molecule has 5 rings (SSSR count). The normalized spacial score (nSPS) is 13.5. The van der Waals surface area contributed by atoms with Gasteiger partial charge in [-0.1, -0.05) is 68.4 Å². The minimum absolute atomic E-state index is 0.137. The monoisotopic (exact) mass is 409 g/mol. The first kappa shape index (κ1) is 19.2. The average molecular weight is 409 g/mol. The number of oxazole rings is 1. The van der Waals surface area contributed by atoms with Gasteiger partial charge in [0.25, 0.3) is 5.91 Å². The fourth-order valence-corrected chi connectivity index (χ4v) is 3.87. The Bertz CT molecular complexity index is 1230. The van der Waals surface area contributed by atoms with E-state index in [-0.39, 0.29) is 5.91 Å². The predicted octanol–water partition coefficient (Wildman–Crippen LogP) is 5.73. The summed E-state index contributed by atoms with van der Waals surface area (Å²) in [5.74, 6) is 1.86. The highest BCUT2D eigenvalue weighted by molar-refractivity contribution is 6.07. The maximum absolute atomic E-state index is 13.4. The number of carbonyl (C=O) groups excluding carboxylic acids is 1. The molecule has 0 saturated carbocycles. The zero-order valence-electron chi connectivity index (χ0n) is 17.6. The van der Waals surface area contributed by atoms with Crippen molar-refractivity contribution in [3.05, 3.63) is 89.7 Å². The fourth-order valence-electron chi connectivity index (χ4n) is 3.87. The highest BCUT2D eigenvalue weighted by atomic mass is 16.4. The SMILES string of the molecule is CC(C)c1cnc2c(c1)CCN(c1nc(-c3ccccc3)oc1-c1ccccc1)C2=O. The number of aromatic nitrogens is 2. The number of benzene rings is 2. The largest absolute Gasteiger partial charge is 0.434 e. The molecule has 0 unspecified atom stereocenters. The van der Waals surface area contributed by atoms with Gasteiger partial charge in [-0.2, -0.15) is 4.98 Å². The van der Waals surface area contributed by atoms with Gasteiger partial charge in [0, 0.05) is 23.9 Å². The Morgan fingerprint density at radius 1 is 0.968 bits per heavy atom. The van der Waals surface area contributed by atoms with Gasteiger partial charge in [0.15, 0.2) is 11.6 Å². The first-order valence-electron chi connectivity index (χ1n) is 10.5. The maximum atomic E-state index is 13.4. The van der Waals surface area contributed by atoms with Crippen LogP contribution in [0.3, 0.4) is 0 Å². The summed E-state index contributed by atoms with van der Waals surface area (Å²) in [5.41, 5.74) is 4.40. The summed E-state index contributed by atoms with van der Waals surface area (Å²) in [6.45, 7) is 4.80. The van der Waals surface area contributed by atoms with Crippen molar-refractivity contribution < 1.29 is 9.21 Å². The second-order valence-corrected chi connectivity index (χ2v) is 8.04. The van der Waals surface area contributed by atoms with Gasteiger partial charge < -0.3 is 4.42 Å². The van der Waals surface area contributed by atoms with E-state index in [2.05, 4.69) is 24.9 Å². The standard InChI is InChI=1S/C26H23N3O2/c1-17(2)21-15-20-13-14-29(26(30)22(20)27-16-21)24-23(18-9-5-3-6-10-18)31-25(28-24)19-11-7-4-8-12-19/h3-12,15-17H,13-14H2,1-2H3. The number of carbonyl (C=O) groups is 1. The Kier molecular flexibility index (Phi) is 4.86. The van der Waals surface area contributed by atoms with E-state index in [9.17, 15) is 4.79 Å². The van der Waals surface area contributed by atoms with Gasteiger partial charge in [0.05, 0.1) is 0 Å². The van der Waals surface area contributed by atoms with Crippen LogP contribution in [-0.2, 0) is 6.42 Å². The van der Waals surface area contributed by atoms with Crippen molar-refractivity contribution in [3.8, 4) is 22.8 Å². The number of hydrogen-bond donors (Lipinski definition) is 0. The molecular weight excluding hydrogens is 386 g/mol. The van der Waals surface area contributed by atoms with Gasteiger partial charge in [-0.3, -0.25) is 14.7 Å². The lowest BCUT2D eigenvalue weighted by atomic mass is 9.97. The molecule has 0 aliphatic carbocycles. The smallest absolute Gasteiger partial charge is 0.278 e. The van der Waals surface area contributed by atoms with Crippen molar-refractivity contribution in [2.24, 2.45) is 0 Å². The molecule has 5 heteroatoms. The molecule has 2 aromatic carbocycles. The van der Waals surface area contributed by atoms with Crippen LogP contribution in [0.25, 0.3) is 22.8 Å². The maximum Gasteiger partial charge on any atom is 0.278 e. The number of fused-ring (bicyclic) bond motifs is 1. The van der Waals surface area contributed by atoms with Gasteiger partial charge in [-0.05, 0) is 35.6 Å². The summed E-state index contributed by atoms with van der Waals surface area (Å²) < 4.78 is 6.20. The summed E-state index contributed by atoms with van der Waals surface area (Å²) >= 11 is 0. The first-order chi connectivity index (χ1) is 15.1. The second kappa shape index (κ2) is 7.84. The van der Waals surface area contributed by atoms with Gasteiger partial charge in [0.2, 0.25) is 5.89 Å². The molecule has 154 valence electrons. The molecule has 0 bridgehead atoms. The van der Waals surface area contributed by atoms with E-state index in [0.717, 1.165) is 28.7 Å². The molecule has 0 fully saturated rings. The number of hydrogen-bond acceptors (Lipinski definition) is 4. The summed E-state index contributed by atoms with van der Waals surface area (Å²) in [6.07, 6.45) is 2.54. The van der Waals surface area contributed by atoms with E-state index >= 15 is 0 Å². The Labute approximate surface area is 181 Å². The fraction of sp³-hybridized carbons (Fsp3) is 0.192. The molecule has 0 radical (unpaired) electrons. The molecule has 0 saturated heterocycles. The van der Waals surface area contributed by atoms with Crippen LogP contribution in [0, 0.1) is 0 Å². The highest BCUT2D eigenvalue weighted by Crippen LogP contribution is 2.37. The third-order valence-corrected chi connectivity index (χ3v) is 5.63. The minimum atomic E-state index is -0.137. The van der Waals surface area contributed by atoms with E-state index in [1.54, 1.807) is 11.1 Å². The van der Waals surface area contributed by atoms with E-state index in [1.165, 1.54) is 0 Å². The summed E-state index contributed by atoms with van der Waals surface area (Å²) in [7, 11) is 0. The Balaban J connectivity index is 1.59. The van der Waals surface area contributed by atoms with Crippen molar-refractivity contribution in [1.82, 2.24) is 9.97 Å². The van der Waals surface area contributed by atoms with Gasteiger partial charge in [-0.25, -0.2) is 0 Å². The van der Waals surface area contributed by atoms with Crippen molar-refractivity contribution in [3.63, 3.8) is 0 Å². The van der Waals surface area contributed by atoms with Gasteiger partial charge in [0.1, 0.15) is 5.69 Å². The average Bonchev–Trinajstić information content (AvgIpc) is 3.25. The molecule has 3 heterocycles. The van der Waals surface area contributed by atoms with Crippen LogP contribution in [0.2, 0.25) is 0 Å². The number of nitrogens with zero attached hydrogens (tertiary/aromatic N) is 3. The van der Waals surface area contributed by atoms with Crippen molar-refractivity contribution in [1.29, 1.82) is 0 Å². The van der Waals surface area contributed by atoms with E-state index < -0.39 is 0 Å². The molecule has 5 nitrogen and oxygen atoms in total. The second-order valence-electron chi connectivity index (χ2n) is 8.04. The lowest BCUT2D eigenvalue weighted by Gasteiger charge is -2.27. The van der Waals surface area contributed by atoms with Crippen LogP contribution in [0.4, 0.5) is 5.82 Å². The molecule has 31 heavy (non-hydrogen) atoms. The summed E-state index contributed by atoms with van der Waals surface area (Å²) in [5, 5.41) is 0. The lowest BCUT2D eigenvalue weighted by Crippen LogP contribution is -2.39. The number of pyridine rings is 1. The molecule has 0 spiro atoms. The first-order valence-corrected chi connectivity index (χ1v) is 10.5. The number of anilines is 1. The number of amides is 1. The van der Waals surface area contributed by atoms with Crippen LogP contribution in [-0.4, -0.2) is 22.4 Å². The Morgan fingerprint density at radius 2 is 1.65 bits per heavy atom. The van der Waals surface area contributed by atoms with Gasteiger partial charge in [-0.15, -0.1) is 0 Å². The molecular formula is C26H23N3O2.